The second kappa shape index (κ2) is 5.12. The molecule has 15 heavy (non-hydrogen) atoms. The van der Waals surface area contributed by atoms with Crippen LogP contribution in [0.1, 0.15) is 19.8 Å². The number of fused-ring (bicyclic) bond motifs is 1. The average molecular weight is 221 g/mol. The average Bonchev–Trinajstić information content (AvgIpc) is 2.73. The predicted molar refractivity (Wildman–Crippen MR) is 66.3 cm³/mol. The maximum atomic E-state index is 5.67. The lowest BCUT2D eigenvalue weighted by atomic mass is 10.2. The highest BCUT2D eigenvalue weighted by Gasteiger charge is 2.02. The third kappa shape index (κ3) is 2.48. The predicted octanol–water partition coefficient (Wildman–Crippen LogP) is 4.00. The van der Waals surface area contributed by atoms with Gasteiger partial charge in [-0.15, -0.1) is 0 Å². The number of benzene rings is 1. The highest BCUT2D eigenvalue weighted by Crippen LogP contribution is 2.26. The maximum absolute atomic E-state index is 5.67. The molecule has 1 aromatic carbocycles. The summed E-state index contributed by atoms with van der Waals surface area (Å²) in [4.78, 5) is 3.19. The van der Waals surface area contributed by atoms with Crippen molar-refractivity contribution in [2.45, 2.75) is 19.8 Å². The van der Waals surface area contributed by atoms with Crippen LogP contribution in [0.2, 0.25) is 0 Å². The van der Waals surface area contributed by atoms with Crippen LogP contribution in [0.4, 0.5) is 0 Å². The Morgan fingerprint density at radius 3 is 3.13 bits per heavy atom. The fourth-order valence-corrected chi connectivity index (χ4v) is 2.19. The van der Waals surface area contributed by atoms with Gasteiger partial charge in [-0.2, -0.15) is 0 Å². The van der Waals surface area contributed by atoms with Gasteiger partial charge in [-0.3, -0.25) is 0 Å². The van der Waals surface area contributed by atoms with Gasteiger partial charge in [0.05, 0.1) is 17.6 Å². The molecule has 1 N–H and O–H groups in total. The summed E-state index contributed by atoms with van der Waals surface area (Å²) in [6.07, 6.45) is 4.35. The Morgan fingerprint density at radius 1 is 1.33 bits per heavy atom. The molecule has 2 nitrogen and oxygen atoms in total. The lowest BCUT2D eigenvalue weighted by Gasteiger charge is -2.04. The van der Waals surface area contributed by atoms with Gasteiger partial charge in [-0.05, 0) is 18.6 Å². The highest BCUT2D eigenvalue weighted by atomic mass is 32.2. The Kier molecular flexibility index (Phi) is 3.56. The standard InChI is InChI=1S/C12H15NOS/c1-2-3-9-15-14-11-6-4-5-10-7-8-13-12(10)11/h4-8,13H,2-3,9H2,1H3. The Bertz CT molecular complexity index is 424. The van der Waals surface area contributed by atoms with Crippen molar-refractivity contribution < 1.29 is 4.18 Å². The van der Waals surface area contributed by atoms with E-state index in [9.17, 15) is 0 Å². The first-order chi connectivity index (χ1) is 7.42. The molecule has 2 rings (SSSR count). The molecule has 0 amide bonds. The molecule has 0 aliphatic rings. The van der Waals surface area contributed by atoms with Gasteiger partial charge in [0, 0.05) is 17.3 Å². The van der Waals surface area contributed by atoms with E-state index < -0.39 is 0 Å². The van der Waals surface area contributed by atoms with Crippen LogP contribution in [0.15, 0.2) is 30.5 Å². The quantitative estimate of drug-likeness (QED) is 0.610. The number of para-hydroxylation sites is 1. The number of rotatable bonds is 5. The minimum Gasteiger partial charge on any atom is -0.424 e. The van der Waals surface area contributed by atoms with Crippen LogP contribution in [-0.2, 0) is 0 Å². The molecule has 1 heterocycles. The van der Waals surface area contributed by atoms with Gasteiger partial charge in [-0.1, -0.05) is 25.5 Å². The molecule has 0 aliphatic carbocycles. The third-order valence-corrected chi connectivity index (χ3v) is 3.03. The molecule has 0 bridgehead atoms. The molecule has 0 aliphatic heterocycles. The van der Waals surface area contributed by atoms with Gasteiger partial charge in [0.15, 0.2) is 5.75 Å². The molecule has 0 saturated carbocycles. The number of hydrogen-bond acceptors (Lipinski definition) is 2. The van der Waals surface area contributed by atoms with Gasteiger partial charge in [-0.25, -0.2) is 0 Å². The zero-order chi connectivity index (χ0) is 10.5. The van der Waals surface area contributed by atoms with Crippen LogP contribution in [0.3, 0.4) is 0 Å². The van der Waals surface area contributed by atoms with E-state index in [1.807, 2.05) is 18.3 Å². The minimum atomic E-state index is 0.929. The van der Waals surface area contributed by atoms with E-state index in [0.29, 0.717) is 0 Å². The second-order valence-corrected chi connectivity index (χ2v) is 4.27. The van der Waals surface area contributed by atoms with Crippen molar-refractivity contribution in [1.82, 2.24) is 4.98 Å². The van der Waals surface area contributed by atoms with Crippen LogP contribution >= 0.6 is 12.0 Å². The number of aromatic nitrogens is 1. The molecule has 0 fully saturated rings. The zero-order valence-electron chi connectivity index (χ0n) is 8.82. The first kappa shape index (κ1) is 10.4. The molecule has 80 valence electrons. The number of aromatic amines is 1. The van der Waals surface area contributed by atoms with Crippen molar-refractivity contribution in [2.75, 3.05) is 5.75 Å². The number of unbranched alkanes of at least 4 members (excludes halogenated alkanes) is 1. The number of hydrogen-bond donors (Lipinski definition) is 1. The van der Waals surface area contributed by atoms with E-state index in [4.69, 9.17) is 4.18 Å². The summed E-state index contributed by atoms with van der Waals surface area (Å²) in [7, 11) is 0. The molecule has 2 aromatic rings. The number of H-pyrrole nitrogens is 1. The molecular formula is C12H15NOS. The summed E-state index contributed by atoms with van der Waals surface area (Å²) >= 11 is 1.53. The normalized spacial score (nSPS) is 10.7. The van der Waals surface area contributed by atoms with Crippen molar-refractivity contribution in [1.29, 1.82) is 0 Å². The van der Waals surface area contributed by atoms with E-state index in [1.54, 1.807) is 0 Å². The van der Waals surface area contributed by atoms with Crippen molar-refractivity contribution in [3.63, 3.8) is 0 Å². The van der Waals surface area contributed by atoms with Crippen LogP contribution in [-0.4, -0.2) is 10.7 Å². The summed E-state index contributed by atoms with van der Waals surface area (Å²) < 4.78 is 5.67. The fourth-order valence-electron chi connectivity index (χ4n) is 1.43. The molecule has 1 aromatic heterocycles. The smallest absolute Gasteiger partial charge is 0.161 e. The first-order valence-electron chi connectivity index (χ1n) is 5.27. The molecule has 0 unspecified atom stereocenters. The van der Waals surface area contributed by atoms with E-state index in [-0.39, 0.29) is 0 Å². The van der Waals surface area contributed by atoms with Crippen molar-refractivity contribution in [2.24, 2.45) is 0 Å². The van der Waals surface area contributed by atoms with E-state index >= 15 is 0 Å². The van der Waals surface area contributed by atoms with E-state index in [2.05, 4.69) is 24.0 Å². The minimum absolute atomic E-state index is 0.929. The van der Waals surface area contributed by atoms with Gasteiger partial charge in [0.2, 0.25) is 0 Å². The summed E-state index contributed by atoms with van der Waals surface area (Å²) in [5.74, 6) is 1.98. The first-order valence-corrected chi connectivity index (χ1v) is 6.18. The second-order valence-electron chi connectivity index (χ2n) is 3.46. The van der Waals surface area contributed by atoms with Gasteiger partial charge >= 0.3 is 0 Å². The molecule has 0 atom stereocenters. The molecule has 0 radical (unpaired) electrons. The maximum Gasteiger partial charge on any atom is 0.161 e. The summed E-state index contributed by atoms with van der Waals surface area (Å²) in [6.45, 7) is 2.19. The van der Waals surface area contributed by atoms with Crippen LogP contribution < -0.4 is 4.18 Å². The summed E-state index contributed by atoms with van der Waals surface area (Å²) in [6, 6.07) is 8.15. The Labute approximate surface area is 94.2 Å². The highest BCUT2D eigenvalue weighted by molar-refractivity contribution is 7.95. The van der Waals surface area contributed by atoms with Crippen molar-refractivity contribution in [3.05, 3.63) is 30.5 Å². The van der Waals surface area contributed by atoms with Gasteiger partial charge < -0.3 is 9.17 Å². The van der Waals surface area contributed by atoms with Crippen LogP contribution in [0.25, 0.3) is 10.9 Å². The van der Waals surface area contributed by atoms with Crippen LogP contribution in [0.5, 0.6) is 5.75 Å². The summed E-state index contributed by atoms with van der Waals surface area (Å²) in [5.41, 5.74) is 1.08. The Balaban J connectivity index is 2.04. The van der Waals surface area contributed by atoms with E-state index in [1.165, 1.54) is 30.3 Å². The molecular weight excluding hydrogens is 206 g/mol. The molecule has 0 spiro atoms. The topological polar surface area (TPSA) is 25.0 Å². The molecule has 0 saturated heterocycles. The van der Waals surface area contributed by atoms with Crippen molar-refractivity contribution in [3.8, 4) is 5.75 Å². The zero-order valence-corrected chi connectivity index (χ0v) is 9.64. The SMILES string of the molecule is CCCCSOc1cccc2cc[nH]c12. The largest absolute Gasteiger partial charge is 0.424 e. The fraction of sp³-hybridized carbons (Fsp3) is 0.333. The molecule has 3 heteroatoms. The summed E-state index contributed by atoms with van der Waals surface area (Å²) in [5, 5.41) is 1.20. The Morgan fingerprint density at radius 2 is 2.27 bits per heavy atom. The Hall–Kier alpha value is -1.09. The van der Waals surface area contributed by atoms with Gasteiger partial charge in [0.1, 0.15) is 0 Å². The lowest BCUT2D eigenvalue weighted by Crippen LogP contribution is -1.86. The third-order valence-electron chi connectivity index (χ3n) is 2.28. The lowest BCUT2D eigenvalue weighted by molar-refractivity contribution is 0.649. The van der Waals surface area contributed by atoms with Gasteiger partial charge in [0.25, 0.3) is 0 Å². The van der Waals surface area contributed by atoms with E-state index in [0.717, 1.165) is 17.0 Å². The monoisotopic (exact) mass is 221 g/mol. The van der Waals surface area contributed by atoms with Crippen molar-refractivity contribution >= 4 is 22.9 Å². The van der Waals surface area contributed by atoms with Crippen LogP contribution in [0, 0.1) is 0 Å². The number of nitrogens with one attached hydrogen (secondary N) is 1.